The molecule has 1 saturated carbocycles. The van der Waals surface area contributed by atoms with Gasteiger partial charge in [0.15, 0.2) is 0 Å². The highest BCUT2D eigenvalue weighted by Crippen LogP contribution is 2.39. The maximum absolute atomic E-state index is 12.8. The first kappa shape index (κ1) is 18.3. The Kier molecular flexibility index (Phi) is 5.10. The number of hydrogen-bond acceptors (Lipinski definition) is 6. The summed E-state index contributed by atoms with van der Waals surface area (Å²) in [6, 6.07) is 1.31. The number of nitrogens with two attached hydrogens (primary N) is 1. The number of methoxy groups -OCH3 is 1. The molecule has 0 radical (unpaired) electrons. The lowest BCUT2D eigenvalue weighted by Gasteiger charge is -2.18. The van der Waals surface area contributed by atoms with Crippen LogP contribution in [0.3, 0.4) is 0 Å². The minimum absolute atomic E-state index is 0. The molecule has 0 bridgehead atoms. The number of aryl methyl sites for hydroxylation is 1. The number of furan rings is 1. The van der Waals surface area contributed by atoms with Crippen LogP contribution in [0.2, 0.25) is 0 Å². The Balaban J connectivity index is 0.00000192. The van der Waals surface area contributed by atoms with Crippen molar-refractivity contribution < 1.29 is 22.4 Å². The van der Waals surface area contributed by atoms with Gasteiger partial charge in [0.25, 0.3) is 0 Å². The van der Waals surface area contributed by atoms with E-state index in [9.17, 15) is 13.2 Å². The molecule has 23 heavy (non-hydrogen) atoms. The second-order valence-electron chi connectivity index (χ2n) is 6.01. The normalized spacial score (nSPS) is 27.5. The molecule has 2 aliphatic rings. The largest absolute Gasteiger partial charge is 0.463 e. The third-order valence-electron chi connectivity index (χ3n) is 4.76. The number of halogens is 1. The second kappa shape index (κ2) is 6.43. The van der Waals surface area contributed by atoms with Gasteiger partial charge in [-0.05, 0) is 31.6 Å². The average Bonchev–Trinajstić information content (AvgIpc) is 3.14. The Labute approximate surface area is 141 Å². The van der Waals surface area contributed by atoms with Crippen LogP contribution in [0.5, 0.6) is 0 Å². The Morgan fingerprint density at radius 3 is 2.70 bits per heavy atom. The number of hydrogen-bond donors (Lipinski definition) is 1. The van der Waals surface area contributed by atoms with Gasteiger partial charge in [-0.25, -0.2) is 13.2 Å². The zero-order valence-electron chi connectivity index (χ0n) is 13.0. The summed E-state index contributed by atoms with van der Waals surface area (Å²) in [4.78, 5) is 11.5. The predicted octanol–water partition coefficient (Wildman–Crippen LogP) is 1.15. The van der Waals surface area contributed by atoms with E-state index in [4.69, 9.17) is 10.2 Å². The third-order valence-corrected chi connectivity index (χ3v) is 6.69. The van der Waals surface area contributed by atoms with Crippen LogP contribution in [0.25, 0.3) is 0 Å². The number of ether oxygens (including phenoxy) is 1. The van der Waals surface area contributed by atoms with E-state index in [1.54, 1.807) is 0 Å². The van der Waals surface area contributed by atoms with Gasteiger partial charge < -0.3 is 14.9 Å². The van der Waals surface area contributed by atoms with Gasteiger partial charge in [-0.15, -0.1) is 12.4 Å². The SMILES string of the molecule is COC(=O)c1cc(S(=O)(=O)N2CC3CCC(N)C3C2)c(C)o1.Cl. The first-order valence-corrected chi connectivity index (χ1v) is 8.73. The van der Waals surface area contributed by atoms with Crippen LogP contribution in [0.15, 0.2) is 15.4 Å². The number of rotatable bonds is 3. The molecule has 2 N–H and O–H groups in total. The summed E-state index contributed by atoms with van der Waals surface area (Å²) in [6.07, 6.45) is 1.93. The van der Waals surface area contributed by atoms with Crippen LogP contribution in [0.1, 0.15) is 29.2 Å². The van der Waals surface area contributed by atoms with Crippen LogP contribution < -0.4 is 5.73 Å². The van der Waals surface area contributed by atoms with Gasteiger partial charge in [0.05, 0.1) is 7.11 Å². The highest BCUT2D eigenvalue weighted by atomic mass is 35.5. The monoisotopic (exact) mass is 364 g/mol. The van der Waals surface area contributed by atoms with Gasteiger partial charge in [-0.3, -0.25) is 0 Å². The summed E-state index contributed by atoms with van der Waals surface area (Å²) in [5, 5.41) is 0. The minimum Gasteiger partial charge on any atom is -0.463 e. The molecule has 0 amide bonds. The first-order valence-electron chi connectivity index (χ1n) is 7.29. The fourth-order valence-corrected chi connectivity index (χ4v) is 5.22. The topological polar surface area (TPSA) is 103 Å². The number of carbonyl (C=O) groups is 1. The summed E-state index contributed by atoms with van der Waals surface area (Å²) in [7, 11) is -2.46. The number of fused-ring (bicyclic) bond motifs is 1. The quantitative estimate of drug-likeness (QED) is 0.807. The van der Waals surface area contributed by atoms with E-state index in [1.165, 1.54) is 24.4 Å². The fourth-order valence-electron chi connectivity index (χ4n) is 3.52. The van der Waals surface area contributed by atoms with Gasteiger partial charge >= 0.3 is 5.97 Å². The van der Waals surface area contributed by atoms with Gasteiger partial charge in [0.1, 0.15) is 10.7 Å². The van der Waals surface area contributed by atoms with E-state index in [1.807, 2.05) is 0 Å². The van der Waals surface area contributed by atoms with E-state index in [2.05, 4.69) is 4.74 Å². The summed E-state index contributed by atoms with van der Waals surface area (Å²) < 4.78 is 36.8. The van der Waals surface area contributed by atoms with Crippen molar-refractivity contribution in [2.24, 2.45) is 17.6 Å². The summed E-state index contributed by atoms with van der Waals surface area (Å²) in [6.45, 7) is 2.45. The van der Waals surface area contributed by atoms with Crippen molar-refractivity contribution in [3.63, 3.8) is 0 Å². The molecular weight excluding hydrogens is 344 g/mol. The van der Waals surface area contributed by atoms with E-state index in [0.29, 0.717) is 19.0 Å². The standard InChI is InChI=1S/C14H20N2O5S.ClH/c1-8-13(5-12(21-8)14(17)20-2)22(18,19)16-6-9-3-4-11(15)10(9)7-16;/h5,9-11H,3-4,6-7,15H2,1-2H3;1H. The molecule has 130 valence electrons. The molecule has 3 atom stereocenters. The van der Waals surface area contributed by atoms with Crippen LogP contribution in [-0.2, 0) is 14.8 Å². The van der Waals surface area contributed by atoms with Crippen molar-refractivity contribution in [1.82, 2.24) is 4.31 Å². The maximum Gasteiger partial charge on any atom is 0.373 e. The van der Waals surface area contributed by atoms with Crippen molar-refractivity contribution in [1.29, 1.82) is 0 Å². The van der Waals surface area contributed by atoms with E-state index in [-0.39, 0.29) is 40.8 Å². The van der Waals surface area contributed by atoms with E-state index < -0.39 is 16.0 Å². The Bertz CT molecular complexity index is 702. The predicted molar refractivity (Wildman–Crippen MR) is 85.0 cm³/mol. The first-order chi connectivity index (χ1) is 10.3. The van der Waals surface area contributed by atoms with Crippen LogP contribution >= 0.6 is 12.4 Å². The van der Waals surface area contributed by atoms with Crippen LogP contribution in [0.4, 0.5) is 0 Å². The summed E-state index contributed by atoms with van der Waals surface area (Å²) >= 11 is 0. The fraction of sp³-hybridized carbons (Fsp3) is 0.643. The smallest absolute Gasteiger partial charge is 0.373 e. The van der Waals surface area contributed by atoms with Gasteiger partial charge in [0.2, 0.25) is 15.8 Å². The molecule has 1 aliphatic heterocycles. The number of esters is 1. The van der Waals surface area contributed by atoms with Crippen molar-refractivity contribution in [3.8, 4) is 0 Å². The molecule has 1 aromatic heterocycles. The van der Waals surface area contributed by atoms with Gasteiger partial charge in [-0.2, -0.15) is 4.31 Å². The van der Waals surface area contributed by atoms with Crippen LogP contribution in [0, 0.1) is 18.8 Å². The lowest BCUT2D eigenvalue weighted by Crippen LogP contribution is -2.33. The van der Waals surface area contributed by atoms with Crippen molar-refractivity contribution >= 4 is 28.4 Å². The van der Waals surface area contributed by atoms with E-state index >= 15 is 0 Å². The zero-order valence-corrected chi connectivity index (χ0v) is 14.7. The number of nitrogens with zero attached hydrogens (tertiary/aromatic N) is 1. The molecule has 1 aromatic rings. The molecular formula is C14H21ClN2O5S. The average molecular weight is 365 g/mol. The molecule has 7 nitrogen and oxygen atoms in total. The molecule has 0 aromatic carbocycles. The summed E-state index contributed by atoms with van der Waals surface area (Å²) in [5.41, 5.74) is 6.05. The Morgan fingerprint density at radius 1 is 1.39 bits per heavy atom. The molecule has 9 heteroatoms. The molecule has 1 aliphatic carbocycles. The highest BCUT2D eigenvalue weighted by Gasteiger charge is 2.45. The molecule has 2 fully saturated rings. The second-order valence-corrected chi connectivity index (χ2v) is 7.92. The third kappa shape index (κ3) is 3.00. The van der Waals surface area contributed by atoms with E-state index in [0.717, 1.165) is 12.8 Å². The Morgan fingerprint density at radius 2 is 2.09 bits per heavy atom. The lowest BCUT2D eigenvalue weighted by molar-refractivity contribution is 0.0563. The minimum atomic E-state index is -3.68. The van der Waals surface area contributed by atoms with Crippen molar-refractivity contribution in [2.45, 2.75) is 30.7 Å². The lowest BCUT2D eigenvalue weighted by atomic mass is 9.98. The van der Waals surface area contributed by atoms with Gasteiger partial charge in [0, 0.05) is 25.2 Å². The van der Waals surface area contributed by atoms with Crippen molar-refractivity contribution in [3.05, 3.63) is 17.6 Å². The van der Waals surface area contributed by atoms with Gasteiger partial charge in [-0.1, -0.05) is 0 Å². The zero-order chi connectivity index (χ0) is 16.1. The molecule has 1 saturated heterocycles. The molecule has 0 spiro atoms. The molecule has 2 heterocycles. The van der Waals surface area contributed by atoms with Crippen molar-refractivity contribution in [2.75, 3.05) is 20.2 Å². The number of sulfonamides is 1. The number of carbonyl (C=O) groups excluding carboxylic acids is 1. The maximum atomic E-state index is 12.8. The molecule has 3 rings (SSSR count). The molecule has 3 unspecified atom stereocenters. The van der Waals surface area contributed by atoms with Crippen LogP contribution in [-0.4, -0.2) is 44.9 Å². The summed E-state index contributed by atoms with van der Waals surface area (Å²) in [5.74, 6) is -0.0413. The highest BCUT2D eigenvalue weighted by molar-refractivity contribution is 7.89. The Hall–Kier alpha value is -1.09.